The highest BCUT2D eigenvalue weighted by Gasteiger charge is 2.19. The van der Waals surface area contributed by atoms with E-state index in [1.807, 2.05) is 23.6 Å². The van der Waals surface area contributed by atoms with E-state index in [0.717, 1.165) is 6.42 Å². The van der Waals surface area contributed by atoms with Crippen molar-refractivity contribution in [3.8, 4) is 0 Å². The van der Waals surface area contributed by atoms with Crippen molar-refractivity contribution in [2.75, 3.05) is 7.05 Å². The third-order valence-corrected chi connectivity index (χ3v) is 5.57. The van der Waals surface area contributed by atoms with E-state index < -0.39 is 0 Å². The van der Waals surface area contributed by atoms with Crippen LogP contribution in [0.1, 0.15) is 45.5 Å². The molecule has 0 saturated carbocycles. The number of nitrogens with one attached hydrogen (secondary N) is 1. The Morgan fingerprint density at radius 1 is 1.35 bits per heavy atom. The first kappa shape index (κ1) is 13.8. The summed E-state index contributed by atoms with van der Waals surface area (Å²) in [5.74, 6) is 0. The van der Waals surface area contributed by atoms with E-state index in [0.29, 0.717) is 6.04 Å². The molecule has 0 aromatic carbocycles. The predicted molar refractivity (Wildman–Crippen MR) is 85.4 cm³/mol. The molecule has 3 rings (SSSR count). The lowest BCUT2D eigenvalue weighted by Gasteiger charge is -2.15. The Morgan fingerprint density at radius 2 is 2.20 bits per heavy atom. The number of rotatable bonds is 4. The van der Waals surface area contributed by atoms with Crippen LogP contribution in [0.3, 0.4) is 0 Å². The van der Waals surface area contributed by atoms with Crippen LogP contribution < -0.4 is 5.32 Å². The second-order valence-corrected chi connectivity index (χ2v) is 6.78. The van der Waals surface area contributed by atoms with E-state index in [2.05, 4.69) is 36.4 Å². The highest BCUT2D eigenvalue weighted by atomic mass is 32.1. The second-order valence-electron chi connectivity index (χ2n) is 5.62. The molecule has 1 N–H and O–H groups in total. The number of aromatic nitrogens is 1. The molecule has 1 unspecified atom stereocenters. The number of aryl methyl sites for hydroxylation is 3. The number of pyridine rings is 1. The van der Waals surface area contributed by atoms with Crippen LogP contribution in [0.5, 0.6) is 0 Å². The molecule has 2 heterocycles. The molecule has 1 aliphatic carbocycles. The molecule has 3 heteroatoms. The van der Waals surface area contributed by atoms with Crippen LogP contribution in [0, 0.1) is 6.92 Å². The maximum atomic E-state index is 4.54. The summed E-state index contributed by atoms with van der Waals surface area (Å²) in [4.78, 5) is 7.63. The first-order valence-electron chi connectivity index (χ1n) is 7.47. The van der Waals surface area contributed by atoms with Gasteiger partial charge < -0.3 is 5.32 Å². The van der Waals surface area contributed by atoms with Gasteiger partial charge in [0.25, 0.3) is 0 Å². The lowest BCUT2D eigenvalue weighted by Crippen LogP contribution is -2.18. The minimum Gasteiger partial charge on any atom is -0.312 e. The Balaban J connectivity index is 1.83. The summed E-state index contributed by atoms with van der Waals surface area (Å²) in [7, 11) is 2.06. The minimum atomic E-state index is 0.388. The molecule has 0 amide bonds. The summed E-state index contributed by atoms with van der Waals surface area (Å²) in [6, 6.07) is 6.98. The Hall–Kier alpha value is -1.19. The van der Waals surface area contributed by atoms with Crippen LogP contribution in [-0.2, 0) is 19.3 Å². The van der Waals surface area contributed by atoms with Crippen molar-refractivity contribution in [3.05, 3.63) is 51.0 Å². The number of likely N-dealkylation sites (N-methyl/N-ethyl adjacent to an activating group) is 1. The summed E-state index contributed by atoms with van der Waals surface area (Å²) in [5.41, 5.74) is 4.08. The smallest absolute Gasteiger partial charge is 0.0468 e. The molecular weight excluding hydrogens is 264 g/mol. The number of nitrogens with zero attached hydrogens (tertiary/aromatic N) is 1. The van der Waals surface area contributed by atoms with Gasteiger partial charge in [0, 0.05) is 34.1 Å². The van der Waals surface area contributed by atoms with Crippen LogP contribution in [0.25, 0.3) is 0 Å². The van der Waals surface area contributed by atoms with E-state index >= 15 is 0 Å². The van der Waals surface area contributed by atoms with E-state index in [9.17, 15) is 0 Å². The Bertz CT molecular complexity index is 565. The largest absolute Gasteiger partial charge is 0.312 e. The Morgan fingerprint density at radius 3 is 2.95 bits per heavy atom. The molecule has 106 valence electrons. The van der Waals surface area contributed by atoms with Crippen molar-refractivity contribution in [1.29, 1.82) is 0 Å². The fraction of sp³-hybridized carbons (Fsp3) is 0.471. The SMILES string of the molecule is CNC(Cc1ncccc1C)c1cc2c(s1)CCCC2. The maximum absolute atomic E-state index is 4.54. The molecule has 1 atom stereocenters. The number of hydrogen-bond acceptors (Lipinski definition) is 3. The summed E-state index contributed by atoms with van der Waals surface area (Å²) < 4.78 is 0. The Kier molecular flexibility index (Phi) is 4.18. The van der Waals surface area contributed by atoms with Gasteiger partial charge in [0.1, 0.15) is 0 Å². The van der Waals surface area contributed by atoms with Gasteiger partial charge in [-0.1, -0.05) is 6.07 Å². The van der Waals surface area contributed by atoms with Crippen LogP contribution in [0.4, 0.5) is 0 Å². The van der Waals surface area contributed by atoms with Crippen LogP contribution in [0.2, 0.25) is 0 Å². The van der Waals surface area contributed by atoms with Crippen molar-refractivity contribution in [3.63, 3.8) is 0 Å². The topological polar surface area (TPSA) is 24.9 Å². The average Bonchev–Trinajstić information content (AvgIpc) is 2.90. The molecule has 0 radical (unpaired) electrons. The van der Waals surface area contributed by atoms with Gasteiger partial charge in [-0.05, 0) is 62.9 Å². The Labute approximate surface area is 125 Å². The van der Waals surface area contributed by atoms with Crippen LogP contribution in [-0.4, -0.2) is 12.0 Å². The highest BCUT2D eigenvalue weighted by Crippen LogP contribution is 2.34. The molecule has 0 saturated heterocycles. The van der Waals surface area contributed by atoms with E-state index in [4.69, 9.17) is 0 Å². The fourth-order valence-electron chi connectivity index (χ4n) is 2.96. The molecule has 20 heavy (non-hydrogen) atoms. The monoisotopic (exact) mass is 286 g/mol. The zero-order valence-electron chi connectivity index (χ0n) is 12.3. The third-order valence-electron chi connectivity index (χ3n) is 4.22. The molecule has 0 spiro atoms. The van der Waals surface area contributed by atoms with E-state index in [1.165, 1.54) is 41.8 Å². The van der Waals surface area contributed by atoms with Gasteiger partial charge in [-0.3, -0.25) is 4.98 Å². The summed E-state index contributed by atoms with van der Waals surface area (Å²) in [5, 5.41) is 3.47. The predicted octanol–water partition coefficient (Wildman–Crippen LogP) is 3.83. The molecule has 2 aromatic rings. The molecule has 0 aliphatic heterocycles. The second kappa shape index (κ2) is 6.06. The minimum absolute atomic E-state index is 0.388. The van der Waals surface area contributed by atoms with Crippen molar-refractivity contribution in [1.82, 2.24) is 10.3 Å². The zero-order valence-corrected chi connectivity index (χ0v) is 13.1. The van der Waals surface area contributed by atoms with Gasteiger partial charge in [-0.15, -0.1) is 11.3 Å². The highest BCUT2D eigenvalue weighted by molar-refractivity contribution is 7.12. The molecule has 0 bridgehead atoms. The van der Waals surface area contributed by atoms with E-state index in [1.54, 1.807) is 10.4 Å². The summed E-state index contributed by atoms with van der Waals surface area (Å²) in [6.07, 6.45) is 8.13. The number of fused-ring (bicyclic) bond motifs is 1. The van der Waals surface area contributed by atoms with Gasteiger partial charge in [0.2, 0.25) is 0 Å². The maximum Gasteiger partial charge on any atom is 0.0468 e. The van der Waals surface area contributed by atoms with Crippen LogP contribution >= 0.6 is 11.3 Å². The number of hydrogen-bond donors (Lipinski definition) is 1. The molecule has 2 nitrogen and oxygen atoms in total. The average molecular weight is 286 g/mol. The van der Waals surface area contributed by atoms with Crippen LogP contribution in [0.15, 0.2) is 24.4 Å². The zero-order chi connectivity index (χ0) is 13.9. The summed E-state index contributed by atoms with van der Waals surface area (Å²) >= 11 is 2.00. The molecule has 0 fully saturated rings. The van der Waals surface area contributed by atoms with Gasteiger partial charge >= 0.3 is 0 Å². The molecule has 2 aromatic heterocycles. The fourth-order valence-corrected chi connectivity index (χ4v) is 4.32. The quantitative estimate of drug-likeness (QED) is 0.924. The lowest BCUT2D eigenvalue weighted by atomic mass is 9.98. The van der Waals surface area contributed by atoms with Crippen molar-refractivity contribution in [2.24, 2.45) is 0 Å². The summed E-state index contributed by atoms with van der Waals surface area (Å²) in [6.45, 7) is 2.15. The van der Waals surface area contributed by atoms with E-state index in [-0.39, 0.29) is 0 Å². The van der Waals surface area contributed by atoms with Gasteiger partial charge in [-0.2, -0.15) is 0 Å². The molecular formula is C17H22N2S. The van der Waals surface area contributed by atoms with Crippen molar-refractivity contribution in [2.45, 2.75) is 45.1 Å². The third kappa shape index (κ3) is 2.79. The van der Waals surface area contributed by atoms with Crippen molar-refractivity contribution < 1.29 is 0 Å². The normalized spacial score (nSPS) is 15.9. The molecule has 1 aliphatic rings. The lowest BCUT2D eigenvalue weighted by molar-refractivity contribution is 0.591. The standard InChI is InChI=1S/C17H22N2S/c1-12-6-5-9-19-14(12)11-15(18-2)17-10-13-7-3-4-8-16(13)20-17/h5-6,9-10,15,18H,3-4,7-8,11H2,1-2H3. The van der Waals surface area contributed by atoms with Gasteiger partial charge in [0.05, 0.1) is 0 Å². The van der Waals surface area contributed by atoms with Gasteiger partial charge in [-0.25, -0.2) is 0 Å². The first-order chi connectivity index (χ1) is 9.78. The van der Waals surface area contributed by atoms with Gasteiger partial charge in [0.15, 0.2) is 0 Å². The van der Waals surface area contributed by atoms with Crippen molar-refractivity contribution >= 4 is 11.3 Å². The number of thiophene rings is 1. The first-order valence-corrected chi connectivity index (χ1v) is 8.29.